The number of rotatable bonds is 1. The number of aromatic nitrogens is 1. The van der Waals surface area contributed by atoms with E-state index in [1.807, 2.05) is 11.6 Å². The van der Waals surface area contributed by atoms with Crippen LogP contribution in [0.15, 0.2) is 11.6 Å². The lowest BCUT2D eigenvalue weighted by Crippen LogP contribution is -1.81. The minimum absolute atomic E-state index is 0. The van der Waals surface area contributed by atoms with Crippen LogP contribution in [0.25, 0.3) is 0 Å². The molecule has 0 N–H and O–H groups in total. The van der Waals surface area contributed by atoms with Crippen molar-refractivity contribution >= 4 is 11.3 Å². The maximum atomic E-state index is 8.00. The highest BCUT2D eigenvalue weighted by Gasteiger charge is 1.97. The van der Waals surface area contributed by atoms with Crippen LogP contribution in [0.2, 0.25) is 0 Å². The first-order valence-corrected chi connectivity index (χ1v) is 3.72. The minimum atomic E-state index is 0. The smallest absolute Gasteiger partial charge is 0.0950 e. The fourth-order valence-electron chi connectivity index (χ4n) is 0.520. The summed E-state index contributed by atoms with van der Waals surface area (Å²) in [4.78, 5) is 4.13. The van der Waals surface area contributed by atoms with Crippen LogP contribution in [0.3, 0.4) is 0 Å². The first kappa shape index (κ1) is 13.0. The molecule has 0 unspecified atom stereocenters. The van der Waals surface area contributed by atoms with Crippen molar-refractivity contribution in [3.63, 3.8) is 0 Å². The molecule has 0 amide bonds. The van der Waals surface area contributed by atoms with E-state index in [0.29, 0.717) is 5.92 Å². The molecule has 0 aromatic carbocycles. The van der Waals surface area contributed by atoms with Crippen molar-refractivity contribution in [3.05, 3.63) is 16.6 Å². The number of thiazole rings is 1. The first-order valence-electron chi connectivity index (χ1n) is 2.84. The van der Waals surface area contributed by atoms with E-state index in [2.05, 4.69) is 18.8 Å². The summed E-state index contributed by atoms with van der Waals surface area (Å²) in [5.41, 5.74) is 0. The average molecular weight is 185 g/mol. The van der Waals surface area contributed by atoms with Crippen LogP contribution < -0.4 is 0 Å². The summed E-state index contributed by atoms with van der Waals surface area (Å²) < 4.78 is 16.0. The predicted octanol–water partition coefficient (Wildman–Crippen LogP) is 3.26. The molecular formula is C6H10F3NS. The molecule has 0 radical (unpaired) electrons. The molecule has 0 saturated carbocycles. The lowest BCUT2D eigenvalue weighted by molar-refractivity contribution is 0.108. The topological polar surface area (TPSA) is 12.9 Å². The van der Waals surface area contributed by atoms with Gasteiger partial charge in [0.15, 0.2) is 0 Å². The molecule has 1 aromatic heterocycles. The van der Waals surface area contributed by atoms with Crippen molar-refractivity contribution < 1.29 is 13.9 Å². The summed E-state index contributed by atoms with van der Waals surface area (Å²) in [6.07, 6.45) is 1.85. The Balaban J connectivity index is 0. The van der Waals surface area contributed by atoms with Crippen LogP contribution in [0.4, 0.5) is 13.9 Å². The fraction of sp³-hybridized carbons (Fsp3) is 0.500. The molecule has 0 spiro atoms. The standard InChI is InChI=1S/C6H9NS.F2.FH/c1-5(2)6-7-3-4-8-6;1-2;/h3-5H,1-2H3;;1H. The lowest BCUT2D eigenvalue weighted by Gasteiger charge is -1.93. The SMILES string of the molecule is CC(C)c1nccs1.F.FF. The molecule has 0 atom stereocenters. The van der Waals surface area contributed by atoms with Crippen LogP contribution in [-0.4, -0.2) is 4.98 Å². The van der Waals surface area contributed by atoms with Crippen molar-refractivity contribution in [2.24, 2.45) is 0 Å². The summed E-state index contributed by atoms with van der Waals surface area (Å²) in [6, 6.07) is 0. The predicted molar refractivity (Wildman–Crippen MR) is 40.9 cm³/mol. The zero-order valence-corrected chi connectivity index (χ0v) is 7.07. The summed E-state index contributed by atoms with van der Waals surface area (Å²) in [6.45, 7) is 4.30. The van der Waals surface area contributed by atoms with E-state index in [4.69, 9.17) is 9.15 Å². The molecule has 0 saturated heterocycles. The molecular weight excluding hydrogens is 175 g/mol. The van der Waals surface area contributed by atoms with Crippen molar-refractivity contribution in [1.82, 2.24) is 4.98 Å². The van der Waals surface area contributed by atoms with Gasteiger partial charge in [0.25, 0.3) is 0 Å². The van der Waals surface area contributed by atoms with Gasteiger partial charge < -0.3 is 0 Å². The molecule has 0 fully saturated rings. The van der Waals surface area contributed by atoms with Crippen LogP contribution in [0.1, 0.15) is 24.8 Å². The third kappa shape index (κ3) is 4.78. The molecule has 0 aliphatic heterocycles. The number of nitrogens with zero attached hydrogens (tertiary/aromatic N) is 1. The highest BCUT2D eigenvalue weighted by atomic mass is 32.1. The van der Waals surface area contributed by atoms with E-state index in [-0.39, 0.29) is 4.70 Å². The van der Waals surface area contributed by atoms with Gasteiger partial charge in [-0.3, -0.25) is 4.70 Å². The van der Waals surface area contributed by atoms with Gasteiger partial charge in [-0.1, -0.05) is 13.8 Å². The van der Waals surface area contributed by atoms with Gasteiger partial charge in [0, 0.05) is 26.6 Å². The Morgan fingerprint density at radius 3 is 2.18 bits per heavy atom. The lowest BCUT2D eigenvalue weighted by atomic mass is 10.2. The zero-order chi connectivity index (χ0) is 7.98. The van der Waals surface area contributed by atoms with Crippen molar-refractivity contribution in [2.75, 3.05) is 0 Å². The van der Waals surface area contributed by atoms with E-state index in [1.54, 1.807) is 11.3 Å². The zero-order valence-electron chi connectivity index (χ0n) is 6.25. The second kappa shape index (κ2) is 7.53. The van der Waals surface area contributed by atoms with Crippen LogP contribution in [-0.2, 0) is 0 Å². The third-order valence-corrected chi connectivity index (χ3v) is 2.02. The summed E-state index contributed by atoms with van der Waals surface area (Å²) in [5, 5.41) is 3.24. The van der Waals surface area contributed by atoms with Crippen molar-refractivity contribution in [3.8, 4) is 0 Å². The summed E-state index contributed by atoms with van der Waals surface area (Å²) in [5.74, 6) is 0.593. The minimum Gasteiger partial charge on any atom is -0.269 e. The Morgan fingerprint density at radius 2 is 2.00 bits per heavy atom. The molecule has 1 aromatic rings. The summed E-state index contributed by atoms with van der Waals surface area (Å²) >= 11 is 1.72. The second-order valence-corrected chi connectivity index (χ2v) is 2.95. The van der Waals surface area contributed by atoms with E-state index >= 15 is 0 Å². The highest BCUT2D eigenvalue weighted by molar-refractivity contribution is 7.09. The summed E-state index contributed by atoms with van der Waals surface area (Å²) in [7, 11) is 0. The Morgan fingerprint density at radius 1 is 1.45 bits per heavy atom. The van der Waals surface area contributed by atoms with Crippen molar-refractivity contribution in [1.29, 1.82) is 0 Å². The van der Waals surface area contributed by atoms with Crippen LogP contribution in [0, 0.1) is 0 Å². The molecule has 1 rings (SSSR count). The maximum Gasteiger partial charge on any atom is 0.0950 e. The molecule has 0 bridgehead atoms. The molecule has 11 heavy (non-hydrogen) atoms. The highest BCUT2D eigenvalue weighted by Crippen LogP contribution is 2.15. The maximum absolute atomic E-state index is 8.00. The van der Waals surface area contributed by atoms with Gasteiger partial charge in [0.05, 0.1) is 5.01 Å². The molecule has 1 nitrogen and oxygen atoms in total. The van der Waals surface area contributed by atoms with Crippen LogP contribution >= 0.6 is 11.3 Å². The molecule has 66 valence electrons. The number of hydrogen-bond acceptors (Lipinski definition) is 2. The average Bonchev–Trinajstić information content (AvgIpc) is 2.42. The normalized spacial score (nSPS) is 8.09. The van der Waals surface area contributed by atoms with Gasteiger partial charge in [0.1, 0.15) is 0 Å². The first-order chi connectivity index (χ1) is 4.80. The quantitative estimate of drug-likeness (QED) is 0.654. The monoisotopic (exact) mass is 185 g/mol. The Hall–Kier alpha value is -0.580. The Bertz CT molecular complexity index is 153. The molecule has 1 heterocycles. The van der Waals surface area contributed by atoms with Gasteiger partial charge in [-0.25, -0.2) is 4.98 Å². The van der Waals surface area contributed by atoms with Gasteiger partial charge in [-0.15, -0.1) is 11.3 Å². The van der Waals surface area contributed by atoms with Gasteiger partial charge >= 0.3 is 0 Å². The van der Waals surface area contributed by atoms with Crippen molar-refractivity contribution in [2.45, 2.75) is 19.8 Å². The van der Waals surface area contributed by atoms with Crippen LogP contribution in [0.5, 0.6) is 0 Å². The van der Waals surface area contributed by atoms with E-state index in [9.17, 15) is 0 Å². The largest absolute Gasteiger partial charge is 0.269 e. The van der Waals surface area contributed by atoms with E-state index in [0.717, 1.165) is 0 Å². The fourth-order valence-corrected chi connectivity index (χ4v) is 1.17. The molecule has 0 aliphatic rings. The Kier molecular flexibility index (Phi) is 8.92. The van der Waals surface area contributed by atoms with E-state index < -0.39 is 0 Å². The van der Waals surface area contributed by atoms with Gasteiger partial charge in [0.2, 0.25) is 0 Å². The number of halogens is 3. The van der Waals surface area contributed by atoms with E-state index in [1.165, 1.54) is 5.01 Å². The molecule has 0 aliphatic carbocycles. The second-order valence-electron chi connectivity index (χ2n) is 2.03. The molecule has 5 heteroatoms. The van der Waals surface area contributed by atoms with Gasteiger partial charge in [-0.2, -0.15) is 0 Å². The van der Waals surface area contributed by atoms with Gasteiger partial charge in [-0.05, 0) is 0 Å². The third-order valence-electron chi connectivity index (χ3n) is 0.945. The number of hydrogen-bond donors (Lipinski definition) is 0. The Labute approximate surface area is 67.3 Å².